The molecule has 1 heterocycles. The lowest BCUT2D eigenvalue weighted by Gasteiger charge is -2.16. The molecule has 0 saturated carbocycles. The fraction of sp³-hybridized carbons (Fsp3) is 0.360. The van der Waals surface area contributed by atoms with Gasteiger partial charge in [0.15, 0.2) is 12.3 Å². The number of esters is 1. The molecule has 2 N–H and O–H groups in total. The van der Waals surface area contributed by atoms with Crippen LogP contribution in [0.15, 0.2) is 66.1 Å². The second kappa shape index (κ2) is 11.8. The molecule has 0 radical (unpaired) electrons. The van der Waals surface area contributed by atoms with E-state index in [2.05, 4.69) is 10.6 Å². The Morgan fingerprint density at radius 2 is 1.94 bits per heavy atom. The summed E-state index contributed by atoms with van der Waals surface area (Å²) < 4.78 is 21.6. The summed E-state index contributed by atoms with van der Waals surface area (Å²) in [5, 5.41) is 6.05. The van der Waals surface area contributed by atoms with Gasteiger partial charge in [0, 0.05) is 18.5 Å². The molecule has 0 bridgehead atoms. The lowest BCUT2D eigenvalue weighted by molar-refractivity contribution is -0.148. The second-order valence-electron chi connectivity index (χ2n) is 7.51. The Morgan fingerprint density at radius 3 is 2.67 bits per heavy atom. The van der Waals surface area contributed by atoms with Gasteiger partial charge >= 0.3 is 12.1 Å². The summed E-state index contributed by atoms with van der Waals surface area (Å²) in [6.07, 6.45) is -0.396. The minimum atomic E-state index is -0.671. The zero-order valence-corrected chi connectivity index (χ0v) is 19.1. The van der Waals surface area contributed by atoms with Crippen LogP contribution in [0.5, 0.6) is 5.75 Å². The van der Waals surface area contributed by atoms with Gasteiger partial charge in [-0.25, -0.2) is 9.59 Å². The second-order valence-corrected chi connectivity index (χ2v) is 7.51. The van der Waals surface area contributed by atoms with Gasteiger partial charge in [0.25, 0.3) is 0 Å². The number of benzene rings is 2. The SMILES string of the molecule is CCC(Oc1cccc(CNC(=O)OCCC2=C(C)OC(c3ccccc3)N2)c1)C(=O)OC. The Labute approximate surface area is 193 Å². The van der Waals surface area contributed by atoms with Gasteiger partial charge in [-0.1, -0.05) is 49.4 Å². The minimum absolute atomic E-state index is 0.219. The van der Waals surface area contributed by atoms with Crippen LogP contribution in [-0.4, -0.2) is 31.9 Å². The van der Waals surface area contributed by atoms with E-state index in [-0.39, 0.29) is 19.4 Å². The number of carbonyl (C=O) groups is 2. The van der Waals surface area contributed by atoms with Gasteiger partial charge in [-0.15, -0.1) is 0 Å². The average Bonchev–Trinajstić information content (AvgIpc) is 3.22. The van der Waals surface area contributed by atoms with E-state index in [1.807, 2.05) is 50.2 Å². The topological polar surface area (TPSA) is 95.1 Å². The fourth-order valence-corrected chi connectivity index (χ4v) is 3.36. The van der Waals surface area contributed by atoms with Crippen molar-refractivity contribution in [1.82, 2.24) is 10.6 Å². The van der Waals surface area contributed by atoms with Crippen molar-refractivity contribution in [3.05, 3.63) is 77.2 Å². The monoisotopic (exact) mass is 454 g/mol. The van der Waals surface area contributed by atoms with Gasteiger partial charge in [0.2, 0.25) is 0 Å². The maximum Gasteiger partial charge on any atom is 0.407 e. The van der Waals surface area contributed by atoms with Crippen LogP contribution in [0.2, 0.25) is 0 Å². The highest BCUT2D eigenvalue weighted by atomic mass is 16.6. The van der Waals surface area contributed by atoms with Gasteiger partial charge in [-0.05, 0) is 31.0 Å². The molecule has 8 heteroatoms. The van der Waals surface area contributed by atoms with Crippen molar-refractivity contribution in [2.45, 2.75) is 45.6 Å². The Hall–Kier alpha value is -3.68. The first-order valence-corrected chi connectivity index (χ1v) is 10.9. The summed E-state index contributed by atoms with van der Waals surface area (Å²) in [4.78, 5) is 23.8. The quantitative estimate of drug-likeness (QED) is 0.520. The van der Waals surface area contributed by atoms with Crippen molar-refractivity contribution in [1.29, 1.82) is 0 Å². The Bertz CT molecular complexity index is 976. The van der Waals surface area contributed by atoms with Crippen LogP contribution in [0, 0.1) is 0 Å². The molecule has 1 aliphatic rings. The Kier molecular flexibility index (Phi) is 8.57. The molecule has 1 amide bonds. The van der Waals surface area contributed by atoms with E-state index in [1.54, 1.807) is 18.2 Å². The molecule has 2 atom stereocenters. The van der Waals surface area contributed by atoms with Gasteiger partial charge in [0.05, 0.1) is 19.4 Å². The highest BCUT2D eigenvalue weighted by Crippen LogP contribution is 2.27. The predicted octanol–water partition coefficient (Wildman–Crippen LogP) is 4.18. The smallest absolute Gasteiger partial charge is 0.407 e. The van der Waals surface area contributed by atoms with Crippen LogP contribution < -0.4 is 15.4 Å². The van der Waals surface area contributed by atoms with Crippen molar-refractivity contribution in [3.63, 3.8) is 0 Å². The largest absolute Gasteiger partial charge is 0.479 e. The van der Waals surface area contributed by atoms with Crippen LogP contribution in [0.3, 0.4) is 0 Å². The first-order chi connectivity index (χ1) is 16.0. The molecule has 0 saturated heterocycles. The van der Waals surface area contributed by atoms with Crippen molar-refractivity contribution in [2.75, 3.05) is 13.7 Å². The molecule has 2 aromatic rings. The van der Waals surface area contributed by atoms with E-state index in [0.717, 1.165) is 22.6 Å². The van der Waals surface area contributed by atoms with E-state index in [1.165, 1.54) is 7.11 Å². The molecule has 0 spiro atoms. The van der Waals surface area contributed by atoms with E-state index in [9.17, 15) is 9.59 Å². The highest BCUT2D eigenvalue weighted by molar-refractivity contribution is 5.74. The van der Waals surface area contributed by atoms with Gasteiger partial charge in [0.1, 0.15) is 11.5 Å². The van der Waals surface area contributed by atoms with Crippen molar-refractivity contribution < 1.29 is 28.5 Å². The maximum atomic E-state index is 12.1. The van der Waals surface area contributed by atoms with E-state index in [0.29, 0.717) is 18.6 Å². The van der Waals surface area contributed by atoms with Gasteiger partial charge in [-0.3, -0.25) is 0 Å². The molecule has 8 nitrogen and oxygen atoms in total. The number of carbonyl (C=O) groups excluding carboxylic acids is 2. The predicted molar refractivity (Wildman–Crippen MR) is 122 cm³/mol. The molecule has 0 aromatic heterocycles. The summed E-state index contributed by atoms with van der Waals surface area (Å²) in [6, 6.07) is 17.0. The standard InChI is InChI=1S/C25H30N2O6/c1-4-22(24(28)30-3)33-20-12-8-9-18(15-20)16-26-25(29)31-14-13-21-17(2)32-23(27-21)19-10-6-5-7-11-19/h5-12,15,22-23,27H,4,13-14,16H2,1-3H3,(H,26,29). The van der Waals surface area contributed by atoms with Crippen molar-refractivity contribution in [3.8, 4) is 5.75 Å². The first kappa shape index (κ1) is 24.0. The van der Waals surface area contributed by atoms with Crippen molar-refractivity contribution >= 4 is 12.1 Å². The molecule has 2 aromatic carbocycles. The molecule has 1 aliphatic heterocycles. The number of hydrogen-bond acceptors (Lipinski definition) is 7. The third-order valence-electron chi connectivity index (χ3n) is 5.16. The van der Waals surface area contributed by atoms with Crippen LogP contribution in [0.4, 0.5) is 4.79 Å². The van der Waals surface area contributed by atoms with Crippen LogP contribution >= 0.6 is 0 Å². The molecule has 0 fully saturated rings. The average molecular weight is 455 g/mol. The summed E-state index contributed by atoms with van der Waals surface area (Å²) in [6.45, 7) is 4.22. The number of amides is 1. The minimum Gasteiger partial charge on any atom is -0.479 e. The molecular formula is C25H30N2O6. The molecule has 176 valence electrons. The number of alkyl carbamates (subject to hydrolysis) is 1. The van der Waals surface area contributed by atoms with E-state index in [4.69, 9.17) is 18.9 Å². The Balaban J connectivity index is 1.41. The number of nitrogens with one attached hydrogen (secondary N) is 2. The lowest BCUT2D eigenvalue weighted by atomic mass is 10.2. The molecule has 0 aliphatic carbocycles. The first-order valence-electron chi connectivity index (χ1n) is 10.9. The third kappa shape index (κ3) is 6.90. The summed E-state index contributed by atoms with van der Waals surface area (Å²) in [5.41, 5.74) is 2.77. The molecule has 33 heavy (non-hydrogen) atoms. The van der Waals surface area contributed by atoms with Crippen LogP contribution in [-0.2, 0) is 25.5 Å². The Morgan fingerprint density at radius 1 is 1.15 bits per heavy atom. The zero-order chi connectivity index (χ0) is 23.6. The fourth-order valence-electron chi connectivity index (χ4n) is 3.36. The molecular weight excluding hydrogens is 424 g/mol. The van der Waals surface area contributed by atoms with E-state index >= 15 is 0 Å². The third-order valence-corrected chi connectivity index (χ3v) is 5.16. The van der Waals surface area contributed by atoms with Gasteiger partial charge < -0.3 is 29.6 Å². The normalized spacial score (nSPS) is 15.8. The number of allylic oxidation sites excluding steroid dienone is 1. The summed E-state index contributed by atoms with van der Waals surface area (Å²) in [5.74, 6) is 0.900. The zero-order valence-electron chi connectivity index (χ0n) is 19.1. The van der Waals surface area contributed by atoms with Gasteiger partial charge in [-0.2, -0.15) is 0 Å². The van der Waals surface area contributed by atoms with Crippen LogP contribution in [0.25, 0.3) is 0 Å². The molecule has 2 unspecified atom stereocenters. The number of ether oxygens (including phenoxy) is 4. The van der Waals surface area contributed by atoms with Crippen molar-refractivity contribution in [2.24, 2.45) is 0 Å². The lowest BCUT2D eigenvalue weighted by Crippen LogP contribution is -2.28. The number of hydrogen-bond donors (Lipinski definition) is 2. The highest BCUT2D eigenvalue weighted by Gasteiger charge is 2.23. The number of rotatable bonds is 10. The summed E-state index contributed by atoms with van der Waals surface area (Å²) >= 11 is 0. The number of methoxy groups -OCH3 is 1. The molecule has 3 rings (SSSR count). The van der Waals surface area contributed by atoms with Crippen LogP contribution in [0.1, 0.15) is 44.0 Å². The summed E-state index contributed by atoms with van der Waals surface area (Å²) in [7, 11) is 1.33. The van der Waals surface area contributed by atoms with E-state index < -0.39 is 18.2 Å². The maximum absolute atomic E-state index is 12.1.